The standard InChI is InChI=1S/C24H25N3O3/c1-3-14-27-15-13-25-23(27)20-21(16-9-6-5-7-10-16)26-18-12-8-11-17(19(18)22(20)28)24(29)30-4-2/h5-13,15,20-21,26H,3-4,14H2,1-2H3. The van der Waals surface area contributed by atoms with Crippen LogP contribution in [0.2, 0.25) is 0 Å². The van der Waals surface area contributed by atoms with Crippen LogP contribution in [0.3, 0.4) is 0 Å². The Morgan fingerprint density at radius 2 is 1.93 bits per heavy atom. The van der Waals surface area contributed by atoms with E-state index in [2.05, 4.69) is 17.2 Å². The summed E-state index contributed by atoms with van der Waals surface area (Å²) in [6.45, 7) is 4.87. The summed E-state index contributed by atoms with van der Waals surface area (Å²) in [5, 5.41) is 3.51. The van der Waals surface area contributed by atoms with Crippen molar-refractivity contribution < 1.29 is 14.3 Å². The number of fused-ring (bicyclic) bond motifs is 1. The van der Waals surface area contributed by atoms with Gasteiger partial charge in [0.1, 0.15) is 11.7 Å². The van der Waals surface area contributed by atoms with Gasteiger partial charge < -0.3 is 14.6 Å². The third-order valence-electron chi connectivity index (χ3n) is 5.38. The summed E-state index contributed by atoms with van der Waals surface area (Å²) < 4.78 is 7.23. The summed E-state index contributed by atoms with van der Waals surface area (Å²) in [7, 11) is 0. The summed E-state index contributed by atoms with van der Waals surface area (Å²) in [4.78, 5) is 31.0. The van der Waals surface area contributed by atoms with Crippen molar-refractivity contribution in [3.05, 3.63) is 83.4 Å². The first-order chi connectivity index (χ1) is 14.7. The number of nitrogens with zero attached hydrogens (tertiary/aromatic N) is 2. The van der Waals surface area contributed by atoms with Crippen LogP contribution in [0.1, 0.15) is 64.3 Å². The van der Waals surface area contributed by atoms with Crippen LogP contribution >= 0.6 is 0 Å². The molecule has 2 unspecified atom stereocenters. The van der Waals surface area contributed by atoms with Gasteiger partial charge in [-0.3, -0.25) is 4.79 Å². The van der Waals surface area contributed by atoms with Gasteiger partial charge in [-0.1, -0.05) is 43.3 Å². The van der Waals surface area contributed by atoms with E-state index in [4.69, 9.17) is 4.74 Å². The van der Waals surface area contributed by atoms with Crippen molar-refractivity contribution in [1.82, 2.24) is 9.55 Å². The highest BCUT2D eigenvalue weighted by Gasteiger charge is 2.41. The number of aryl methyl sites for hydroxylation is 1. The van der Waals surface area contributed by atoms with Crippen LogP contribution in [0.15, 0.2) is 60.9 Å². The first kappa shape index (κ1) is 19.9. The zero-order valence-electron chi connectivity index (χ0n) is 17.2. The number of Topliss-reactive ketones (excluding diaryl/α,β-unsaturated/α-hetero) is 1. The van der Waals surface area contributed by atoms with Crippen molar-refractivity contribution in [2.75, 3.05) is 11.9 Å². The first-order valence-electron chi connectivity index (χ1n) is 10.3. The Morgan fingerprint density at radius 1 is 1.13 bits per heavy atom. The number of hydrogen-bond acceptors (Lipinski definition) is 5. The topological polar surface area (TPSA) is 73.2 Å². The highest BCUT2D eigenvalue weighted by molar-refractivity contribution is 6.14. The van der Waals surface area contributed by atoms with Crippen molar-refractivity contribution in [2.24, 2.45) is 0 Å². The molecule has 6 nitrogen and oxygen atoms in total. The molecule has 0 bridgehead atoms. The van der Waals surface area contributed by atoms with E-state index in [1.54, 1.807) is 25.3 Å². The van der Waals surface area contributed by atoms with E-state index in [0.29, 0.717) is 17.1 Å². The number of ketones is 1. The number of hydrogen-bond donors (Lipinski definition) is 1. The van der Waals surface area contributed by atoms with E-state index in [0.717, 1.165) is 18.5 Å². The van der Waals surface area contributed by atoms with E-state index in [1.807, 2.05) is 47.2 Å². The molecule has 0 radical (unpaired) electrons. The summed E-state index contributed by atoms with van der Waals surface area (Å²) >= 11 is 0. The third-order valence-corrected chi connectivity index (χ3v) is 5.38. The van der Waals surface area contributed by atoms with Gasteiger partial charge in [-0.2, -0.15) is 0 Å². The second-order valence-electron chi connectivity index (χ2n) is 7.30. The third kappa shape index (κ3) is 3.49. The van der Waals surface area contributed by atoms with Gasteiger partial charge in [-0.15, -0.1) is 0 Å². The fraction of sp³-hybridized carbons (Fsp3) is 0.292. The maximum atomic E-state index is 13.9. The number of nitrogens with one attached hydrogen (secondary N) is 1. The molecule has 0 saturated carbocycles. The molecule has 154 valence electrons. The Kier molecular flexibility index (Phi) is 5.65. The molecular weight excluding hydrogens is 378 g/mol. The Labute approximate surface area is 175 Å². The Balaban J connectivity index is 1.88. The predicted molar refractivity (Wildman–Crippen MR) is 115 cm³/mol. The molecular formula is C24H25N3O3. The molecule has 2 atom stereocenters. The molecule has 1 N–H and O–H groups in total. The minimum Gasteiger partial charge on any atom is -0.462 e. The lowest BCUT2D eigenvalue weighted by atomic mass is 9.80. The quantitative estimate of drug-likeness (QED) is 0.609. The summed E-state index contributed by atoms with van der Waals surface area (Å²) in [5.74, 6) is -0.465. The number of carbonyl (C=O) groups is 2. The lowest BCUT2D eigenvalue weighted by Gasteiger charge is -2.34. The van der Waals surface area contributed by atoms with E-state index in [-0.39, 0.29) is 24.0 Å². The van der Waals surface area contributed by atoms with Crippen LogP contribution in [0.25, 0.3) is 0 Å². The molecule has 4 rings (SSSR count). The summed E-state index contributed by atoms with van der Waals surface area (Å²) in [6, 6.07) is 14.8. The van der Waals surface area contributed by atoms with Crippen molar-refractivity contribution in [3.63, 3.8) is 0 Å². The largest absolute Gasteiger partial charge is 0.462 e. The zero-order chi connectivity index (χ0) is 21.1. The lowest BCUT2D eigenvalue weighted by Crippen LogP contribution is -2.35. The second-order valence-corrected chi connectivity index (χ2v) is 7.30. The van der Waals surface area contributed by atoms with Gasteiger partial charge in [0.05, 0.1) is 23.8 Å². The number of aromatic nitrogens is 2. The predicted octanol–water partition coefficient (Wildman–Crippen LogP) is 4.60. The van der Waals surface area contributed by atoms with Gasteiger partial charge in [0.25, 0.3) is 0 Å². The van der Waals surface area contributed by atoms with Crippen LogP contribution in [0.4, 0.5) is 5.69 Å². The molecule has 2 heterocycles. The Hall–Kier alpha value is -3.41. The van der Waals surface area contributed by atoms with E-state index in [9.17, 15) is 9.59 Å². The van der Waals surface area contributed by atoms with Crippen molar-refractivity contribution >= 4 is 17.4 Å². The number of esters is 1. The van der Waals surface area contributed by atoms with Gasteiger partial charge in [-0.25, -0.2) is 9.78 Å². The summed E-state index contributed by atoms with van der Waals surface area (Å²) in [6.07, 6.45) is 4.56. The minimum atomic E-state index is -0.558. The van der Waals surface area contributed by atoms with Crippen molar-refractivity contribution in [1.29, 1.82) is 0 Å². The smallest absolute Gasteiger partial charge is 0.338 e. The molecule has 0 amide bonds. The number of benzene rings is 2. The zero-order valence-corrected chi connectivity index (χ0v) is 17.2. The molecule has 3 aromatic rings. The van der Waals surface area contributed by atoms with Crippen LogP contribution in [-0.4, -0.2) is 27.9 Å². The molecule has 30 heavy (non-hydrogen) atoms. The second kappa shape index (κ2) is 8.53. The van der Waals surface area contributed by atoms with E-state index >= 15 is 0 Å². The van der Waals surface area contributed by atoms with Gasteiger partial charge in [0, 0.05) is 24.6 Å². The van der Waals surface area contributed by atoms with Gasteiger partial charge in [-0.05, 0) is 31.0 Å². The molecule has 0 saturated heterocycles. The normalized spacial score (nSPS) is 17.9. The summed E-state index contributed by atoms with van der Waals surface area (Å²) in [5.41, 5.74) is 2.30. The number of imidazole rings is 1. The number of anilines is 1. The molecule has 6 heteroatoms. The Morgan fingerprint density at radius 3 is 2.67 bits per heavy atom. The number of carbonyl (C=O) groups excluding carboxylic acids is 2. The fourth-order valence-corrected chi connectivity index (χ4v) is 4.11. The lowest BCUT2D eigenvalue weighted by molar-refractivity contribution is 0.0522. The molecule has 0 spiro atoms. The molecule has 1 aromatic heterocycles. The van der Waals surface area contributed by atoms with Crippen LogP contribution in [0.5, 0.6) is 0 Å². The van der Waals surface area contributed by atoms with Gasteiger partial charge in [0.15, 0.2) is 5.78 Å². The van der Waals surface area contributed by atoms with E-state index in [1.165, 1.54) is 0 Å². The fourth-order valence-electron chi connectivity index (χ4n) is 4.11. The van der Waals surface area contributed by atoms with Gasteiger partial charge in [0.2, 0.25) is 0 Å². The minimum absolute atomic E-state index is 0.121. The molecule has 0 fully saturated rings. The molecule has 0 aliphatic carbocycles. The van der Waals surface area contributed by atoms with Gasteiger partial charge >= 0.3 is 5.97 Å². The van der Waals surface area contributed by atoms with Crippen LogP contribution in [0, 0.1) is 0 Å². The average molecular weight is 403 g/mol. The average Bonchev–Trinajstić information content (AvgIpc) is 3.22. The highest BCUT2D eigenvalue weighted by atomic mass is 16.5. The molecule has 1 aliphatic rings. The molecule has 1 aliphatic heterocycles. The highest BCUT2D eigenvalue weighted by Crippen LogP contribution is 2.43. The van der Waals surface area contributed by atoms with Crippen LogP contribution < -0.4 is 5.32 Å². The monoisotopic (exact) mass is 403 g/mol. The number of ether oxygens (including phenoxy) is 1. The Bertz CT molecular complexity index is 1060. The SMILES string of the molecule is CCCn1ccnc1C1C(=O)c2c(cccc2C(=O)OCC)NC1c1ccccc1. The van der Waals surface area contributed by atoms with E-state index < -0.39 is 11.9 Å². The maximum Gasteiger partial charge on any atom is 0.338 e. The number of rotatable bonds is 6. The van der Waals surface area contributed by atoms with Crippen LogP contribution in [-0.2, 0) is 11.3 Å². The maximum absolute atomic E-state index is 13.9. The first-order valence-corrected chi connectivity index (χ1v) is 10.3. The van der Waals surface area contributed by atoms with Crippen molar-refractivity contribution in [3.8, 4) is 0 Å². The molecule has 2 aromatic carbocycles. The van der Waals surface area contributed by atoms with Crippen molar-refractivity contribution in [2.45, 2.75) is 38.8 Å².